The molecule has 130 valence electrons. The number of rotatable bonds is 1. The summed E-state index contributed by atoms with van der Waals surface area (Å²) in [6.45, 7) is 9.26. The molecule has 2 aromatic rings. The van der Waals surface area contributed by atoms with Crippen LogP contribution in [-0.2, 0) is 11.8 Å². The van der Waals surface area contributed by atoms with E-state index < -0.39 is 5.60 Å². The number of piperidine rings is 1. The van der Waals surface area contributed by atoms with Crippen molar-refractivity contribution in [2.24, 2.45) is 7.05 Å². The van der Waals surface area contributed by atoms with Crippen molar-refractivity contribution in [3.63, 3.8) is 0 Å². The monoisotopic (exact) mass is 329 g/mol. The maximum atomic E-state index is 12.2. The molecule has 1 fully saturated rings. The summed E-state index contributed by atoms with van der Waals surface area (Å²) >= 11 is 0. The summed E-state index contributed by atoms with van der Waals surface area (Å²) in [4.78, 5) is 14.0. The van der Waals surface area contributed by atoms with Crippen molar-refractivity contribution in [2.75, 3.05) is 13.1 Å². The van der Waals surface area contributed by atoms with E-state index in [1.807, 2.05) is 44.3 Å². The Morgan fingerprint density at radius 2 is 1.92 bits per heavy atom. The van der Waals surface area contributed by atoms with Gasteiger partial charge in [-0.15, -0.1) is 0 Å². The molecule has 2 heterocycles. The molecule has 0 atom stereocenters. The molecule has 1 aromatic heterocycles. The van der Waals surface area contributed by atoms with Gasteiger partial charge in [0.2, 0.25) is 0 Å². The van der Waals surface area contributed by atoms with Crippen LogP contribution in [0.4, 0.5) is 4.79 Å². The van der Waals surface area contributed by atoms with Gasteiger partial charge in [-0.3, -0.25) is 4.68 Å². The predicted molar refractivity (Wildman–Crippen MR) is 95.2 cm³/mol. The molecule has 0 N–H and O–H groups in total. The molecule has 1 amide bonds. The quantitative estimate of drug-likeness (QED) is 0.794. The molecule has 5 heteroatoms. The minimum Gasteiger partial charge on any atom is -0.444 e. The lowest BCUT2D eigenvalue weighted by atomic mass is 9.89. The first kappa shape index (κ1) is 16.8. The summed E-state index contributed by atoms with van der Waals surface area (Å²) in [5.74, 6) is 0.489. The van der Waals surface area contributed by atoms with Crippen LogP contribution in [0.1, 0.15) is 50.8 Å². The first-order valence-corrected chi connectivity index (χ1v) is 8.66. The average Bonchev–Trinajstić information content (AvgIpc) is 2.80. The van der Waals surface area contributed by atoms with E-state index >= 15 is 0 Å². The molecule has 24 heavy (non-hydrogen) atoms. The second-order valence-electron chi connectivity index (χ2n) is 7.73. The molecule has 0 unspecified atom stereocenters. The van der Waals surface area contributed by atoms with Gasteiger partial charge in [0.05, 0.1) is 11.2 Å². The highest BCUT2D eigenvalue weighted by molar-refractivity contribution is 5.82. The van der Waals surface area contributed by atoms with Crippen molar-refractivity contribution in [2.45, 2.75) is 52.1 Å². The lowest BCUT2D eigenvalue weighted by Gasteiger charge is -2.33. The first-order valence-electron chi connectivity index (χ1n) is 8.66. The number of carbonyl (C=O) groups is 1. The molecule has 0 spiro atoms. The number of fused-ring (bicyclic) bond motifs is 1. The number of amides is 1. The number of benzene rings is 1. The Morgan fingerprint density at radius 3 is 2.54 bits per heavy atom. The van der Waals surface area contributed by atoms with Gasteiger partial charge in [0.25, 0.3) is 0 Å². The molecule has 1 aliphatic rings. The van der Waals surface area contributed by atoms with Gasteiger partial charge < -0.3 is 9.64 Å². The molecule has 1 aliphatic heterocycles. The highest BCUT2D eigenvalue weighted by Gasteiger charge is 2.27. The van der Waals surface area contributed by atoms with Gasteiger partial charge in [0.1, 0.15) is 5.60 Å². The average molecular weight is 329 g/mol. The smallest absolute Gasteiger partial charge is 0.410 e. The van der Waals surface area contributed by atoms with Crippen molar-refractivity contribution in [3.8, 4) is 0 Å². The summed E-state index contributed by atoms with van der Waals surface area (Å²) in [5.41, 5.74) is 3.16. The highest BCUT2D eigenvalue weighted by Crippen LogP contribution is 2.31. The largest absolute Gasteiger partial charge is 0.444 e. The molecule has 0 saturated carbocycles. The molecule has 5 nitrogen and oxygen atoms in total. The number of hydrogen-bond acceptors (Lipinski definition) is 3. The second kappa shape index (κ2) is 6.11. The lowest BCUT2D eigenvalue weighted by Crippen LogP contribution is -2.41. The molecular weight excluding hydrogens is 302 g/mol. The van der Waals surface area contributed by atoms with Gasteiger partial charge in [-0.05, 0) is 58.1 Å². The lowest BCUT2D eigenvalue weighted by molar-refractivity contribution is 0.0205. The Kier molecular flexibility index (Phi) is 4.28. The zero-order chi connectivity index (χ0) is 17.5. The fourth-order valence-electron chi connectivity index (χ4n) is 3.43. The van der Waals surface area contributed by atoms with Crippen molar-refractivity contribution >= 4 is 17.0 Å². The normalized spacial score (nSPS) is 16.6. The fraction of sp³-hybridized carbons (Fsp3) is 0.579. The van der Waals surface area contributed by atoms with Crippen molar-refractivity contribution in [1.29, 1.82) is 0 Å². The number of aryl methyl sites for hydroxylation is 2. The zero-order valence-electron chi connectivity index (χ0n) is 15.3. The number of carbonyl (C=O) groups excluding carboxylic acids is 1. The Morgan fingerprint density at radius 1 is 1.25 bits per heavy atom. The van der Waals surface area contributed by atoms with Crippen LogP contribution in [0.25, 0.3) is 10.9 Å². The molecule has 1 saturated heterocycles. The van der Waals surface area contributed by atoms with Gasteiger partial charge in [-0.25, -0.2) is 4.79 Å². The second-order valence-corrected chi connectivity index (χ2v) is 7.73. The van der Waals surface area contributed by atoms with Gasteiger partial charge in [-0.1, -0.05) is 12.1 Å². The topological polar surface area (TPSA) is 47.4 Å². The van der Waals surface area contributed by atoms with Crippen LogP contribution in [0, 0.1) is 6.92 Å². The van der Waals surface area contributed by atoms with Crippen LogP contribution in [0.15, 0.2) is 18.2 Å². The Labute approximate surface area is 143 Å². The molecule has 0 bridgehead atoms. The number of ether oxygens (including phenoxy) is 1. The Bertz CT molecular complexity index is 750. The van der Waals surface area contributed by atoms with E-state index in [0.29, 0.717) is 5.92 Å². The van der Waals surface area contributed by atoms with E-state index in [0.717, 1.165) is 31.6 Å². The number of hydrogen-bond donors (Lipinski definition) is 0. The fourth-order valence-corrected chi connectivity index (χ4v) is 3.43. The third kappa shape index (κ3) is 3.40. The van der Waals surface area contributed by atoms with Crippen LogP contribution >= 0.6 is 0 Å². The minimum absolute atomic E-state index is 0.196. The van der Waals surface area contributed by atoms with Gasteiger partial charge in [-0.2, -0.15) is 5.10 Å². The standard InChI is InChI=1S/C19H27N3O2/c1-13-16-7-6-15(12-17(16)21(5)20-13)14-8-10-22(11-9-14)18(23)24-19(2,3)4/h6-7,12,14H,8-11H2,1-5H3. The van der Waals surface area contributed by atoms with Gasteiger partial charge in [0, 0.05) is 25.5 Å². The third-order valence-corrected chi connectivity index (χ3v) is 4.68. The van der Waals surface area contributed by atoms with Crippen molar-refractivity contribution in [1.82, 2.24) is 14.7 Å². The summed E-state index contributed by atoms with van der Waals surface area (Å²) in [7, 11) is 1.99. The Hall–Kier alpha value is -2.04. The van der Waals surface area contributed by atoms with Crippen LogP contribution in [0.3, 0.4) is 0 Å². The maximum absolute atomic E-state index is 12.2. The number of nitrogens with zero attached hydrogens (tertiary/aromatic N) is 3. The van der Waals surface area contributed by atoms with E-state index in [2.05, 4.69) is 23.3 Å². The van der Waals surface area contributed by atoms with E-state index in [1.165, 1.54) is 16.5 Å². The molecule has 1 aromatic carbocycles. The molecule has 3 rings (SSSR count). The SMILES string of the molecule is Cc1nn(C)c2cc(C3CCN(C(=O)OC(C)(C)C)CC3)ccc12. The minimum atomic E-state index is -0.434. The van der Waals surface area contributed by atoms with E-state index in [-0.39, 0.29) is 6.09 Å². The van der Waals surface area contributed by atoms with E-state index in [4.69, 9.17) is 4.74 Å². The van der Waals surface area contributed by atoms with Crippen molar-refractivity contribution < 1.29 is 9.53 Å². The zero-order valence-corrected chi connectivity index (χ0v) is 15.3. The predicted octanol–water partition coefficient (Wildman–Crippen LogP) is 4.00. The number of aromatic nitrogens is 2. The summed E-state index contributed by atoms with van der Waals surface area (Å²) in [5, 5.41) is 5.71. The summed E-state index contributed by atoms with van der Waals surface area (Å²) in [6.07, 6.45) is 1.75. The van der Waals surface area contributed by atoms with Gasteiger partial charge in [0.15, 0.2) is 0 Å². The van der Waals surface area contributed by atoms with Crippen LogP contribution in [0.5, 0.6) is 0 Å². The van der Waals surface area contributed by atoms with Crippen LogP contribution in [0.2, 0.25) is 0 Å². The number of likely N-dealkylation sites (tertiary alicyclic amines) is 1. The highest BCUT2D eigenvalue weighted by atomic mass is 16.6. The van der Waals surface area contributed by atoms with Crippen LogP contribution < -0.4 is 0 Å². The van der Waals surface area contributed by atoms with E-state index in [9.17, 15) is 4.79 Å². The van der Waals surface area contributed by atoms with Crippen molar-refractivity contribution in [3.05, 3.63) is 29.5 Å². The van der Waals surface area contributed by atoms with Gasteiger partial charge >= 0.3 is 6.09 Å². The van der Waals surface area contributed by atoms with Crippen LogP contribution in [-0.4, -0.2) is 39.5 Å². The van der Waals surface area contributed by atoms with E-state index in [1.54, 1.807) is 0 Å². The Balaban J connectivity index is 1.69. The third-order valence-electron chi connectivity index (χ3n) is 4.68. The molecule has 0 aliphatic carbocycles. The molecular formula is C19H27N3O2. The maximum Gasteiger partial charge on any atom is 0.410 e. The summed E-state index contributed by atoms with van der Waals surface area (Å²) < 4.78 is 7.42. The molecule has 0 radical (unpaired) electrons. The summed E-state index contributed by atoms with van der Waals surface area (Å²) in [6, 6.07) is 6.64. The first-order chi connectivity index (χ1) is 11.2.